The normalized spacial score (nSPS) is 18.4. The summed E-state index contributed by atoms with van der Waals surface area (Å²) in [6, 6.07) is 0.371. The highest BCUT2D eigenvalue weighted by Gasteiger charge is 2.19. The maximum atomic E-state index is 5.95. The van der Waals surface area contributed by atoms with Gasteiger partial charge < -0.3 is 11.1 Å². The van der Waals surface area contributed by atoms with E-state index in [4.69, 9.17) is 5.73 Å². The molecule has 0 aliphatic heterocycles. The minimum Gasteiger partial charge on any atom is -0.327 e. The highest BCUT2D eigenvalue weighted by molar-refractivity contribution is 4.73. The lowest BCUT2D eigenvalue weighted by Crippen LogP contribution is -2.34. The second-order valence-electron chi connectivity index (χ2n) is 4.69. The Hall–Kier alpha value is -0.0800. The molecule has 1 aliphatic rings. The van der Waals surface area contributed by atoms with Gasteiger partial charge in [-0.1, -0.05) is 32.6 Å². The molecule has 0 saturated heterocycles. The number of nitrogens with two attached hydrogens (primary N) is 1. The van der Waals surface area contributed by atoms with Crippen LogP contribution in [0.15, 0.2) is 0 Å². The van der Waals surface area contributed by atoms with Crippen LogP contribution in [0.1, 0.15) is 51.9 Å². The predicted molar refractivity (Wildman–Crippen MR) is 62.3 cm³/mol. The third-order valence-electron chi connectivity index (χ3n) is 3.00. The van der Waals surface area contributed by atoms with Gasteiger partial charge in [0.25, 0.3) is 0 Å². The van der Waals surface area contributed by atoms with Crippen LogP contribution >= 0.6 is 0 Å². The summed E-state index contributed by atoms with van der Waals surface area (Å²) in [6.07, 6.45) is 9.43. The lowest BCUT2D eigenvalue weighted by atomic mass is 10.1. The molecule has 0 radical (unpaired) electrons. The molecular formula is C12H26N2. The molecule has 0 bridgehead atoms. The summed E-state index contributed by atoms with van der Waals surface area (Å²) in [6.45, 7) is 4.39. The molecule has 2 heteroatoms. The molecule has 0 aromatic heterocycles. The van der Waals surface area contributed by atoms with E-state index in [0.717, 1.165) is 19.0 Å². The number of rotatable bonds is 9. The average Bonchev–Trinajstić information content (AvgIpc) is 2.98. The molecule has 1 saturated carbocycles. The van der Waals surface area contributed by atoms with Crippen molar-refractivity contribution in [1.29, 1.82) is 0 Å². The van der Waals surface area contributed by atoms with Gasteiger partial charge in [0.1, 0.15) is 0 Å². The van der Waals surface area contributed by atoms with E-state index in [1.807, 2.05) is 0 Å². The fourth-order valence-electron chi connectivity index (χ4n) is 1.78. The van der Waals surface area contributed by atoms with E-state index in [0.29, 0.717) is 6.04 Å². The second-order valence-corrected chi connectivity index (χ2v) is 4.69. The van der Waals surface area contributed by atoms with E-state index in [1.54, 1.807) is 0 Å². The zero-order valence-electron chi connectivity index (χ0n) is 9.60. The van der Waals surface area contributed by atoms with Crippen LogP contribution < -0.4 is 11.1 Å². The molecule has 0 aromatic carbocycles. The fraction of sp³-hybridized carbons (Fsp3) is 1.00. The van der Waals surface area contributed by atoms with Gasteiger partial charge in [-0.2, -0.15) is 0 Å². The summed E-state index contributed by atoms with van der Waals surface area (Å²) < 4.78 is 0. The maximum Gasteiger partial charge on any atom is 0.0165 e. The van der Waals surface area contributed by atoms with Crippen LogP contribution in [0.5, 0.6) is 0 Å². The molecule has 0 amide bonds. The van der Waals surface area contributed by atoms with E-state index in [-0.39, 0.29) is 0 Å². The summed E-state index contributed by atoms with van der Waals surface area (Å²) in [4.78, 5) is 0. The quantitative estimate of drug-likeness (QED) is 0.558. The lowest BCUT2D eigenvalue weighted by molar-refractivity contribution is 0.509. The Kier molecular flexibility index (Phi) is 6.20. The summed E-state index contributed by atoms with van der Waals surface area (Å²) >= 11 is 0. The molecule has 1 aliphatic carbocycles. The standard InChI is InChI=1S/C12H26N2/c1-2-3-6-12(13)10-14-9-4-5-11-7-8-11/h11-12,14H,2-10,13H2,1H3. The van der Waals surface area contributed by atoms with Crippen molar-refractivity contribution < 1.29 is 0 Å². The molecule has 0 heterocycles. The van der Waals surface area contributed by atoms with E-state index in [9.17, 15) is 0 Å². The van der Waals surface area contributed by atoms with E-state index in [1.165, 1.54) is 44.9 Å². The first-order chi connectivity index (χ1) is 6.83. The van der Waals surface area contributed by atoms with Crippen molar-refractivity contribution in [1.82, 2.24) is 5.32 Å². The van der Waals surface area contributed by atoms with E-state index >= 15 is 0 Å². The van der Waals surface area contributed by atoms with Crippen LogP contribution in [-0.4, -0.2) is 19.1 Å². The zero-order chi connectivity index (χ0) is 10.2. The molecule has 1 fully saturated rings. The molecular weight excluding hydrogens is 172 g/mol. The van der Waals surface area contributed by atoms with E-state index < -0.39 is 0 Å². The Balaban J connectivity index is 1.77. The third kappa shape index (κ3) is 6.39. The fourth-order valence-corrected chi connectivity index (χ4v) is 1.78. The predicted octanol–water partition coefficient (Wildman–Crippen LogP) is 2.28. The monoisotopic (exact) mass is 198 g/mol. The molecule has 84 valence electrons. The maximum absolute atomic E-state index is 5.95. The van der Waals surface area contributed by atoms with E-state index in [2.05, 4.69) is 12.2 Å². The summed E-state index contributed by atoms with van der Waals surface area (Å²) in [5.74, 6) is 1.07. The second kappa shape index (κ2) is 7.24. The number of unbranched alkanes of at least 4 members (excludes halogenated alkanes) is 1. The largest absolute Gasteiger partial charge is 0.327 e. The van der Waals surface area contributed by atoms with Gasteiger partial charge in [0, 0.05) is 12.6 Å². The van der Waals surface area contributed by atoms with Gasteiger partial charge in [0.05, 0.1) is 0 Å². The van der Waals surface area contributed by atoms with Crippen molar-refractivity contribution in [3.05, 3.63) is 0 Å². The van der Waals surface area contributed by atoms with Gasteiger partial charge in [-0.05, 0) is 31.7 Å². The van der Waals surface area contributed by atoms with Gasteiger partial charge >= 0.3 is 0 Å². The van der Waals surface area contributed by atoms with Gasteiger partial charge in [0.15, 0.2) is 0 Å². The lowest BCUT2D eigenvalue weighted by Gasteiger charge is -2.11. The molecule has 1 atom stereocenters. The topological polar surface area (TPSA) is 38.0 Å². The van der Waals surface area contributed by atoms with Crippen LogP contribution in [0, 0.1) is 5.92 Å². The van der Waals surface area contributed by atoms with Gasteiger partial charge in [0.2, 0.25) is 0 Å². The number of hydrogen-bond acceptors (Lipinski definition) is 2. The number of nitrogens with one attached hydrogen (secondary N) is 1. The average molecular weight is 198 g/mol. The molecule has 3 N–H and O–H groups in total. The van der Waals surface area contributed by atoms with Crippen LogP contribution in [-0.2, 0) is 0 Å². The Bertz CT molecular complexity index is 132. The summed E-state index contributed by atoms with van der Waals surface area (Å²) in [5, 5.41) is 3.45. The molecule has 14 heavy (non-hydrogen) atoms. The minimum atomic E-state index is 0.371. The molecule has 0 aromatic rings. The minimum absolute atomic E-state index is 0.371. The van der Waals surface area contributed by atoms with Crippen molar-refractivity contribution in [3.63, 3.8) is 0 Å². The molecule has 1 unspecified atom stereocenters. The van der Waals surface area contributed by atoms with Gasteiger partial charge in [-0.3, -0.25) is 0 Å². The van der Waals surface area contributed by atoms with Crippen molar-refractivity contribution >= 4 is 0 Å². The molecule has 0 spiro atoms. The Morgan fingerprint density at radius 2 is 2.14 bits per heavy atom. The smallest absolute Gasteiger partial charge is 0.0165 e. The highest BCUT2D eigenvalue weighted by atomic mass is 14.9. The van der Waals surface area contributed by atoms with Crippen molar-refractivity contribution in [3.8, 4) is 0 Å². The molecule has 1 rings (SSSR count). The summed E-state index contributed by atoms with van der Waals surface area (Å²) in [7, 11) is 0. The Morgan fingerprint density at radius 3 is 2.79 bits per heavy atom. The van der Waals surface area contributed by atoms with Gasteiger partial charge in [-0.25, -0.2) is 0 Å². The van der Waals surface area contributed by atoms with Crippen molar-refractivity contribution in [2.45, 2.75) is 57.9 Å². The van der Waals surface area contributed by atoms with Crippen molar-refractivity contribution in [2.75, 3.05) is 13.1 Å². The van der Waals surface area contributed by atoms with Crippen LogP contribution in [0.2, 0.25) is 0 Å². The van der Waals surface area contributed by atoms with Crippen LogP contribution in [0.4, 0.5) is 0 Å². The van der Waals surface area contributed by atoms with Gasteiger partial charge in [-0.15, -0.1) is 0 Å². The van der Waals surface area contributed by atoms with Crippen LogP contribution in [0.25, 0.3) is 0 Å². The zero-order valence-corrected chi connectivity index (χ0v) is 9.60. The first-order valence-corrected chi connectivity index (χ1v) is 6.29. The Labute approximate surface area is 88.6 Å². The first kappa shape index (κ1) is 12.0. The SMILES string of the molecule is CCCCC(N)CNCCCC1CC1. The Morgan fingerprint density at radius 1 is 1.36 bits per heavy atom. The van der Waals surface area contributed by atoms with Crippen LogP contribution in [0.3, 0.4) is 0 Å². The summed E-state index contributed by atoms with van der Waals surface area (Å²) in [5.41, 5.74) is 5.95. The number of hydrogen-bond donors (Lipinski definition) is 2. The highest BCUT2D eigenvalue weighted by Crippen LogP contribution is 2.33. The third-order valence-corrected chi connectivity index (χ3v) is 3.00. The first-order valence-electron chi connectivity index (χ1n) is 6.29. The molecule has 2 nitrogen and oxygen atoms in total. The van der Waals surface area contributed by atoms with Crippen molar-refractivity contribution in [2.24, 2.45) is 11.7 Å².